The quantitative estimate of drug-likeness (QED) is 0.272. The first-order valence-corrected chi connectivity index (χ1v) is 17.8. The minimum Gasteiger partial charge on any atom is -0.481 e. The molecule has 1 saturated heterocycles. The zero-order valence-corrected chi connectivity index (χ0v) is 30.1. The van der Waals surface area contributed by atoms with Crippen LogP contribution >= 0.6 is 0 Å². The Morgan fingerprint density at radius 1 is 1.11 bits per heavy atom. The summed E-state index contributed by atoms with van der Waals surface area (Å²) in [4.78, 5) is 13.4. The lowest BCUT2D eigenvalue weighted by molar-refractivity contribution is -0.288. The Morgan fingerprint density at radius 2 is 1.77 bits per heavy atom. The van der Waals surface area contributed by atoms with Crippen molar-refractivity contribution in [2.24, 2.45) is 68.3 Å². The van der Waals surface area contributed by atoms with Gasteiger partial charge in [0.1, 0.15) is 0 Å². The topological polar surface area (TPSA) is 91.0 Å². The van der Waals surface area contributed by atoms with E-state index in [2.05, 4.69) is 82.2 Å². The maximum Gasteiger partial charge on any atom is 0.307 e. The Bertz CT molecular complexity index is 1150. The van der Waals surface area contributed by atoms with E-state index >= 15 is 0 Å². The van der Waals surface area contributed by atoms with E-state index in [-0.39, 0.29) is 51.3 Å². The van der Waals surface area contributed by atoms with Crippen LogP contribution in [0.2, 0.25) is 0 Å². The molecule has 13 atom stereocenters. The van der Waals surface area contributed by atoms with Crippen LogP contribution < -0.4 is 5.73 Å². The van der Waals surface area contributed by atoms with Gasteiger partial charge >= 0.3 is 5.97 Å². The van der Waals surface area contributed by atoms with Crippen LogP contribution in [-0.2, 0) is 19.0 Å². The highest BCUT2D eigenvalue weighted by Gasteiger charge is 2.73. The number of hydrogen-bond donors (Lipinski definition) is 2. The van der Waals surface area contributed by atoms with Gasteiger partial charge in [0.05, 0.1) is 37.4 Å². The molecule has 4 aliphatic carbocycles. The summed E-state index contributed by atoms with van der Waals surface area (Å²) in [7, 11) is 1.84. The van der Waals surface area contributed by atoms with Gasteiger partial charge in [-0.05, 0) is 98.2 Å². The van der Waals surface area contributed by atoms with Gasteiger partial charge in [-0.15, -0.1) is 0 Å². The fourth-order valence-corrected chi connectivity index (χ4v) is 11.8. The third-order valence-electron chi connectivity index (χ3n) is 15.8. The number of carboxylic acids is 1. The monoisotopic (exact) mass is 615 g/mol. The summed E-state index contributed by atoms with van der Waals surface area (Å²) in [5, 5.41) is 11.0. The molecule has 6 heteroatoms. The summed E-state index contributed by atoms with van der Waals surface area (Å²) in [6, 6.07) is 0. The normalized spacial score (nSPS) is 48.9. The number of carbonyl (C=O) groups is 1. The molecule has 0 amide bonds. The highest BCUT2D eigenvalue weighted by atomic mass is 16.5. The minimum atomic E-state index is -0.607. The van der Waals surface area contributed by atoms with Crippen LogP contribution in [0.15, 0.2) is 11.6 Å². The van der Waals surface area contributed by atoms with Crippen LogP contribution in [0.5, 0.6) is 0 Å². The van der Waals surface area contributed by atoms with Gasteiger partial charge in [0.25, 0.3) is 0 Å². The second-order valence-corrected chi connectivity index (χ2v) is 18.1. The molecule has 0 spiro atoms. The number of methoxy groups -OCH3 is 1. The van der Waals surface area contributed by atoms with Crippen molar-refractivity contribution in [3.63, 3.8) is 0 Å². The third-order valence-corrected chi connectivity index (χ3v) is 15.8. The predicted octanol–water partition coefficient (Wildman–Crippen LogP) is 7.74. The maximum absolute atomic E-state index is 13.4. The van der Waals surface area contributed by atoms with Crippen molar-refractivity contribution in [2.45, 2.75) is 139 Å². The second-order valence-electron chi connectivity index (χ2n) is 18.1. The van der Waals surface area contributed by atoms with Crippen LogP contribution in [0, 0.1) is 62.6 Å². The van der Waals surface area contributed by atoms with E-state index in [0.29, 0.717) is 42.8 Å². The lowest BCUT2D eigenvalue weighted by atomic mass is 9.34. The first kappa shape index (κ1) is 34.4. The molecule has 3 N–H and O–H groups in total. The van der Waals surface area contributed by atoms with Crippen LogP contribution in [0.1, 0.15) is 115 Å². The molecule has 252 valence electrons. The smallest absolute Gasteiger partial charge is 0.307 e. The van der Waals surface area contributed by atoms with Gasteiger partial charge in [-0.3, -0.25) is 4.79 Å². The molecule has 6 nitrogen and oxygen atoms in total. The lowest BCUT2D eigenvalue weighted by Gasteiger charge is -2.72. The van der Waals surface area contributed by atoms with Crippen LogP contribution in [0.3, 0.4) is 0 Å². The molecule has 0 radical (unpaired) electrons. The van der Waals surface area contributed by atoms with Crippen molar-refractivity contribution in [3.05, 3.63) is 11.6 Å². The Balaban J connectivity index is 1.58. The SMILES string of the molecule is CO[C@@H]1C[C@]23C4=CC[C@@]5(C)[C@H](C(=O)O)[C@@](C)([C@H](C)C(C)C)CC[C@]5(C)[C@H]4CC[C@H]2[C@@](C)(CO[C@H]3C)[C@H]1OC[C@](C)(N)C(C)C. The van der Waals surface area contributed by atoms with Crippen molar-refractivity contribution in [3.8, 4) is 0 Å². The highest BCUT2D eigenvalue weighted by Crippen LogP contribution is 2.75. The molecule has 0 aromatic rings. The Kier molecular flexibility index (Phi) is 8.64. The van der Waals surface area contributed by atoms with Crippen LogP contribution in [0.4, 0.5) is 0 Å². The third kappa shape index (κ3) is 4.49. The van der Waals surface area contributed by atoms with E-state index in [1.807, 2.05) is 7.11 Å². The van der Waals surface area contributed by atoms with Crippen LogP contribution in [0.25, 0.3) is 0 Å². The zero-order chi connectivity index (χ0) is 32.8. The van der Waals surface area contributed by atoms with E-state index in [9.17, 15) is 9.90 Å². The molecule has 5 aliphatic rings. The molecule has 4 fully saturated rings. The summed E-state index contributed by atoms with van der Waals surface area (Å²) in [6.45, 7) is 26.1. The first-order valence-electron chi connectivity index (χ1n) is 17.8. The molecular formula is C38H65NO5. The predicted molar refractivity (Wildman–Crippen MR) is 176 cm³/mol. The van der Waals surface area contributed by atoms with Gasteiger partial charge in [0.2, 0.25) is 0 Å². The van der Waals surface area contributed by atoms with E-state index in [0.717, 1.165) is 38.5 Å². The summed E-state index contributed by atoms with van der Waals surface area (Å²) in [5.41, 5.74) is 6.83. The molecule has 2 bridgehead atoms. The van der Waals surface area contributed by atoms with Gasteiger partial charge in [-0.1, -0.05) is 74.0 Å². The molecule has 44 heavy (non-hydrogen) atoms. The summed E-state index contributed by atoms with van der Waals surface area (Å²) >= 11 is 0. The number of nitrogens with two attached hydrogens (primary N) is 1. The zero-order valence-electron chi connectivity index (χ0n) is 30.1. The molecule has 0 aromatic heterocycles. The number of fused-ring (bicyclic) bond motifs is 3. The molecule has 0 unspecified atom stereocenters. The molecular weight excluding hydrogens is 550 g/mol. The largest absolute Gasteiger partial charge is 0.481 e. The molecule has 0 aromatic carbocycles. The van der Waals surface area contributed by atoms with Gasteiger partial charge in [0.15, 0.2) is 0 Å². The Morgan fingerprint density at radius 3 is 2.34 bits per heavy atom. The Labute approximate surface area is 268 Å². The van der Waals surface area contributed by atoms with Gasteiger partial charge < -0.3 is 25.1 Å². The van der Waals surface area contributed by atoms with Crippen molar-refractivity contribution < 1.29 is 24.1 Å². The number of hydrogen-bond acceptors (Lipinski definition) is 5. The van der Waals surface area contributed by atoms with Gasteiger partial charge in [-0.2, -0.15) is 0 Å². The molecule has 3 saturated carbocycles. The van der Waals surface area contributed by atoms with Gasteiger partial charge in [-0.25, -0.2) is 0 Å². The fourth-order valence-electron chi connectivity index (χ4n) is 11.8. The van der Waals surface area contributed by atoms with E-state index in [1.54, 1.807) is 5.57 Å². The fraction of sp³-hybridized carbons (Fsp3) is 0.921. The van der Waals surface area contributed by atoms with E-state index < -0.39 is 11.5 Å². The molecule has 1 heterocycles. The van der Waals surface area contributed by atoms with E-state index in [1.165, 1.54) is 0 Å². The number of ether oxygens (including phenoxy) is 3. The minimum absolute atomic E-state index is 0.0559. The van der Waals surface area contributed by atoms with Crippen molar-refractivity contribution >= 4 is 5.97 Å². The highest BCUT2D eigenvalue weighted by molar-refractivity contribution is 5.73. The summed E-state index contributed by atoms with van der Waals surface area (Å²) < 4.78 is 20.0. The standard InChI is InChI=1S/C38H65NO5/c1-22(2)24(5)33(7)17-18-35(9)26-13-14-29-34(8)20-43-25(6)38(29,27(26)15-16-36(35,10)30(33)32(40)41)19-28(42-12)31(34)44-21-37(11,39)23(3)4/h15,22-26,28-31H,13-14,16-21,39H2,1-12H3,(H,40,41)/t24-,25+,26+,28-,29+,30-,31+,33-,34-,35-,36+,37+,38+/m1/s1. The number of aliphatic carboxylic acids is 1. The van der Waals surface area contributed by atoms with Crippen LogP contribution in [-0.4, -0.2) is 55.3 Å². The van der Waals surface area contributed by atoms with Crippen molar-refractivity contribution in [1.82, 2.24) is 0 Å². The summed E-state index contributed by atoms with van der Waals surface area (Å²) in [5.74, 6) is 0.846. The average Bonchev–Trinajstić information content (AvgIpc) is 2.94. The molecule has 1 aliphatic heterocycles. The van der Waals surface area contributed by atoms with Crippen molar-refractivity contribution in [1.29, 1.82) is 0 Å². The Hall–Kier alpha value is -0.950. The van der Waals surface area contributed by atoms with Crippen molar-refractivity contribution in [2.75, 3.05) is 20.3 Å². The lowest BCUT2D eigenvalue weighted by Crippen LogP contribution is -2.72. The van der Waals surface area contributed by atoms with Gasteiger partial charge in [0, 0.05) is 23.5 Å². The number of carboxylic acid groups (broad SMARTS) is 1. The second kappa shape index (κ2) is 11.1. The average molecular weight is 616 g/mol. The van der Waals surface area contributed by atoms with E-state index in [4.69, 9.17) is 19.9 Å². The number of allylic oxidation sites excluding steroid dienone is 1. The first-order chi connectivity index (χ1) is 20.3. The maximum atomic E-state index is 13.4. The molecule has 5 rings (SSSR count). The number of rotatable bonds is 8. The summed E-state index contributed by atoms with van der Waals surface area (Å²) in [6.07, 6.45) is 8.36.